The number of nitrogens with zero attached hydrogens (tertiary/aromatic N) is 1. The molecule has 0 unspecified atom stereocenters. The molecule has 0 bridgehead atoms. The van der Waals surface area contributed by atoms with Crippen molar-refractivity contribution >= 4 is 55.8 Å². The molecule has 1 amide bonds. The van der Waals surface area contributed by atoms with Crippen LogP contribution in [0, 0.1) is 0 Å². The minimum Gasteiger partial charge on any atom is -0.497 e. The van der Waals surface area contributed by atoms with E-state index >= 15 is 0 Å². The van der Waals surface area contributed by atoms with E-state index in [0.717, 1.165) is 4.70 Å². The summed E-state index contributed by atoms with van der Waals surface area (Å²) in [4.78, 5) is 16.8. The summed E-state index contributed by atoms with van der Waals surface area (Å²) >= 11 is 13.3. The summed E-state index contributed by atoms with van der Waals surface area (Å²) in [6.45, 7) is 0. The van der Waals surface area contributed by atoms with Crippen LogP contribution in [0.1, 0.15) is 10.4 Å². The maximum atomic E-state index is 12.4. The van der Waals surface area contributed by atoms with Crippen molar-refractivity contribution in [3.8, 4) is 11.5 Å². The van der Waals surface area contributed by atoms with Crippen molar-refractivity contribution in [2.45, 2.75) is 0 Å². The molecule has 0 saturated heterocycles. The van der Waals surface area contributed by atoms with E-state index in [1.807, 2.05) is 6.07 Å². The van der Waals surface area contributed by atoms with Gasteiger partial charge in [-0.05, 0) is 24.3 Å². The van der Waals surface area contributed by atoms with E-state index in [1.54, 1.807) is 32.4 Å². The number of carbonyl (C=O) groups is 1. The zero-order valence-electron chi connectivity index (χ0n) is 12.7. The molecule has 0 aliphatic rings. The third-order valence-corrected chi connectivity index (χ3v) is 4.77. The highest BCUT2D eigenvalue weighted by Gasteiger charge is 2.16. The van der Waals surface area contributed by atoms with Crippen LogP contribution in [-0.2, 0) is 0 Å². The summed E-state index contributed by atoms with van der Waals surface area (Å²) in [6, 6.07) is 8.27. The van der Waals surface area contributed by atoms with Gasteiger partial charge in [0, 0.05) is 11.1 Å². The molecule has 124 valence electrons. The second kappa shape index (κ2) is 6.84. The van der Waals surface area contributed by atoms with Gasteiger partial charge in [-0.1, -0.05) is 34.5 Å². The summed E-state index contributed by atoms with van der Waals surface area (Å²) in [6.07, 6.45) is 0. The smallest absolute Gasteiger partial charge is 0.259 e. The van der Waals surface area contributed by atoms with Gasteiger partial charge in [-0.15, -0.1) is 0 Å². The number of carbonyl (C=O) groups excluding carboxylic acids is 1. The average Bonchev–Trinajstić information content (AvgIpc) is 2.98. The predicted octanol–water partition coefficient (Wildman–Crippen LogP) is 4.87. The zero-order chi connectivity index (χ0) is 17.3. The topological polar surface area (TPSA) is 60.5 Å². The number of ether oxygens (including phenoxy) is 2. The lowest BCUT2D eigenvalue weighted by molar-refractivity contribution is 0.102. The van der Waals surface area contributed by atoms with Crippen LogP contribution in [0.4, 0.5) is 5.13 Å². The Balaban J connectivity index is 1.95. The molecule has 0 aliphatic carbocycles. The van der Waals surface area contributed by atoms with Crippen molar-refractivity contribution in [3.63, 3.8) is 0 Å². The third-order valence-electron chi connectivity index (χ3n) is 3.28. The van der Waals surface area contributed by atoms with Crippen molar-refractivity contribution < 1.29 is 14.3 Å². The van der Waals surface area contributed by atoms with E-state index < -0.39 is 0 Å². The fourth-order valence-corrected chi connectivity index (χ4v) is 3.42. The number of amides is 1. The molecule has 24 heavy (non-hydrogen) atoms. The Hall–Kier alpha value is -2.02. The Morgan fingerprint density at radius 1 is 1.17 bits per heavy atom. The number of anilines is 1. The maximum absolute atomic E-state index is 12.4. The number of halogens is 2. The van der Waals surface area contributed by atoms with Crippen LogP contribution in [0.25, 0.3) is 10.2 Å². The van der Waals surface area contributed by atoms with Crippen LogP contribution < -0.4 is 14.8 Å². The van der Waals surface area contributed by atoms with Gasteiger partial charge in [0.15, 0.2) is 5.13 Å². The first-order chi connectivity index (χ1) is 11.5. The molecule has 0 saturated carbocycles. The lowest BCUT2D eigenvalue weighted by atomic mass is 10.2. The molecular formula is C16H12Cl2N2O3S. The maximum Gasteiger partial charge on any atom is 0.259 e. The highest BCUT2D eigenvalue weighted by Crippen LogP contribution is 2.36. The first-order valence-corrected chi connectivity index (χ1v) is 8.38. The summed E-state index contributed by atoms with van der Waals surface area (Å²) < 4.78 is 11.4. The molecule has 0 aliphatic heterocycles. The van der Waals surface area contributed by atoms with E-state index in [1.165, 1.54) is 17.4 Å². The van der Waals surface area contributed by atoms with Crippen LogP contribution in [0.15, 0.2) is 30.3 Å². The van der Waals surface area contributed by atoms with Crippen LogP contribution in [-0.4, -0.2) is 25.1 Å². The second-order valence-electron chi connectivity index (χ2n) is 4.77. The average molecular weight is 383 g/mol. The lowest BCUT2D eigenvalue weighted by Gasteiger charge is -2.04. The fraction of sp³-hybridized carbons (Fsp3) is 0.125. The largest absolute Gasteiger partial charge is 0.497 e. The first kappa shape index (κ1) is 16.8. The molecule has 0 atom stereocenters. The second-order valence-corrected chi connectivity index (χ2v) is 6.65. The number of thiazole rings is 1. The minimum atomic E-state index is -0.382. The number of benzene rings is 2. The summed E-state index contributed by atoms with van der Waals surface area (Å²) in [7, 11) is 3.13. The van der Waals surface area contributed by atoms with E-state index in [0.29, 0.717) is 32.2 Å². The first-order valence-electron chi connectivity index (χ1n) is 6.81. The molecular weight excluding hydrogens is 371 g/mol. The van der Waals surface area contributed by atoms with Crippen molar-refractivity contribution in [3.05, 3.63) is 45.9 Å². The van der Waals surface area contributed by atoms with Gasteiger partial charge < -0.3 is 9.47 Å². The highest BCUT2D eigenvalue weighted by molar-refractivity contribution is 7.22. The molecule has 0 fully saturated rings. The number of hydrogen-bond donors (Lipinski definition) is 1. The summed E-state index contributed by atoms with van der Waals surface area (Å²) in [5.74, 6) is 0.841. The van der Waals surface area contributed by atoms with Gasteiger partial charge in [-0.2, -0.15) is 0 Å². The van der Waals surface area contributed by atoms with Gasteiger partial charge in [-0.25, -0.2) is 4.98 Å². The van der Waals surface area contributed by atoms with Crippen LogP contribution in [0.2, 0.25) is 10.0 Å². The Morgan fingerprint density at radius 2 is 1.96 bits per heavy atom. The van der Waals surface area contributed by atoms with Gasteiger partial charge in [0.2, 0.25) is 0 Å². The molecule has 5 nitrogen and oxygen atoms in total. The van der Waals surface area contributed by atoms with E-state index in [-0.39, 0.29) is 11.5 Å². The predicted molar refractivity (Wildman–Crippen MR) is 97.1 cm³/mol. The molecule has 1 N–H and O–H groups in total. The zero-order valence-corrected chi connectivity index (χ0v) is 15.1. The number of methoxy groups -OCH3 is 2. The highest BCUT2D eigenvalue weighted by atomic mass is 35.5. The monoisotopic (exact) mass is 382 g/mol. The SMILES string of the molecule is COc1cc(OC)c2nc(NC(=O)c3cc(Cl)ccc3Cl)sc2c1. The molecule has 2 aromatic carbocycles. The van der Waals surface area contributed by atoms with Gasteiger partial charge in [0.1, 0.15) is 17.0 Å². The Morgan fingerprint density at radius 3 is 2.67 bits per heavy atom. The van der Waals surface area contributed by atoms with E-state index in [4.69, 9.17) is 32.7 Å². The standard InChI is InChI=1S/C16H12Cl2N2O3S/c1-22-9-6-12(23-2)14-13(7-9)24-16(19-14)20-15(21)10-5-8(17)3-4-11(10)18/h3-7H,1-2H3,(H,19,20,21). The molecule has 1 heterocycles. The van der Waals surface area contributed by atoms with Gasteiger partial charge in [0.05, 0.1) is 29.5 Å². The molecule has 3 rings (SSSR count). The van der Waals surface area contributed by atoms with Crippen molar-refractivity contribution in [2.24, 2.45) is 0 Å². The minimum absolute atomic E-state index is 0.285. The summed E-state index contributed by atoms with van der Waals surface area (Å²) in [5.41, 5.74) is 0.934. The third kappa shape index (κ3) is 3.26. The van der Waals surface area contributed by atoms with Gasteiger partial charge in [-0.3, -0.25) is 10.1 Å². The number of hydrogen-bond acceptors (Lipinski definition) is 5. The van der Waals surface area contributed by atoms with Crippen molar-refractivity contribution in [2.75, 3.05) is 19.5 Å². The quantitative estimate of drug-likeness (QED) is 0.698. The Labute approximate surface area is 152 Å². The number of fused-ring (bicyclic) bond motifs is 1. The molecule has 8 heteroatoms. The molecule has 0 radical (unpaired) electrons. The van der Waals surface area contributed by atoms with Crippen LogP contribution in [0.3, 0.4) is 0 Å². The molecule has 0 spiro atoms. The Bertz CT molecular complexity index is 927. The molecule has 1 aromatic heterocycles. The van der Waals surface area contributed by atoms with Gasteiger partial charge >= 0.3 is 0 Å². The van der Waals surface area contributed by atoms with Crippen LogP contribution in [0.5, 0.6) is 11.5 Å². The van der Waals surface area contributed by atoms with E-state index in [9.17, 15) is 4.79 Å². The Kier molecular flexibility index (Phi) is 4.80. The van der Waals surface area contributed by atoms with E-state index in [2.05, 4.69) is 10.3 Å². The number of rotatable bonds is 4. The fourth-order valence-electron chi connectivity index (χ4n) is 2.14. The number of aromatic nitrogens is 1. The molecule has 3 aromatic rings. The van der Waals surface area contributed by atoms with Crippen molar-refractivity contribution in [1.82, 2.24) is 4.98 Å². The van der Waals surface area contributed by atoms with Crippen molar-refractivity contribution in [1.29, 1.82) is 0 Å². The number of nitrogens with one attached hydrogen (secondary N) is 1. The lowest BCUT2D eigenvalue weighted by Crippen LogP contribution is -2.12. The van der Waals surface area contributed by atoms with Gasteiger partial charge in [0.25, 0.3) is 5.91 Å². The summed E-state index contributed by atoms with van der Waals surface area (Å²) in [5, 5.41) is 3.91. The normalized spacial score (nSPS) is 10.7. The van der Waals surface area contributed by atoms with Crippen LogP contribution >= 0.6 is 34.5 Å².